The zero-order chi connectivity index (χ0) is 20.9. The third-order valence-electron chi connectivity index (χ3n) is 4.62. The number of ketones is 1. The zero-order valence-corrected chi connectivity index (χ0v) is 14.7. The van der Waals surface area contributed by atoms with Gasteiger partial charge in [0.25, 0.3) is 17.5 Å². The third-order valence-corrected chi connectivity index (χ3v) is 4.62. The Bertz CT molecular complexity index is 867. The standard InChI is InChI=1S/C16H18N6O6/c17-9-5-1-2-8-12(23)16(10-6-3-4-7-11(10)22(27)28)13(19-20-18)14(24)21(26)15(16)25/h3-4,6-7,13,26H,1-2,5,8-9,17H2. The number of carbonyl (C=O) groups is 3. The quantitative estimate of drug-likeness (QED) is 0.0730. The third kappa shape index (κ3) is 3.31. The number of nitrogens with two attached hydrogens (primary N) is 1. The Hall–Kier alpha value is -3.34. The number of para-hydroxylation sites is 1. The van der Waals surface area contributed by atoms with Crippen LogP contribution in [0.4, 0.5) is 5.69 Å². The van der Waals surface area contributed by atoms with E-state index in [0.29, 0.717) is 25.8 Å². The molecule has 0 saturated carbocycles. The molecular weight excluding hydrogens is 372 g/mol. The van der Waals surface area contributed by atoms with E-state index in [4.69, 9.17) is 11.3 Å². The first-order valence-electron chi connectivity index (χ1n) is 8.42. The van der Waals surface area contributed by atoms with E-state index in [1.165, 1.54) is 12.1 Å². The number of nitro groups is 1. The molecule has 28 heavy (non-hydrogen) atoms. The molecule has 0 bridgehead atoms. The second kappa shape index (κ2) is 8.57. The smallest absolute Gasteiger partial charge is 0.274 e. The number of benzene rings is 1. The average molecular weight is 390 g/mol. The van der Waals surface area contributed by atoms with Crippen molar-refractivity contribution < 1.29 is 24.5 Å². The largest absolute Gasteiger partial charge is 0.330 e. The predicted octanol–water partition coefficient (Wildman–Crippen LogP) is 1.36. The fourth-order valence-electron chi connectivity index (χ4n) is 3.33. The van der Waals surface area contributed by atoms with Gasteiger partial charge in [0, 0.05) is 17.4 Å². The van der Waals surface area contributed by atoms with Crippen LogP contribution in [0.1, 0.15) is 31.2 Å². The van der Waals surface area contributed by atoms with Crippen LogP contribution in [0.5, 0.6) is 0 Å². The number of azide groups is 1. The van der Waals surface area contributed by atoms with Crippen molar-refractivity contribution in [1.29, 1.82) is 0 Å². The Morgan fingerprint density at radius 1 is 1.36 bits per heavy atom. The van der Waals surface area contributed by atoms with Crippen LogP contribution in [0.3, 0.4) is 0 Å². The van der Waals surface area contributed by atoms with Crippen LogP contribution >= 0.6 is 0 Å². The van der Waals surface area contributed by atoms with Crippen LogP contribution in [-0.4, -0.2) is 45.4 Å². The fraction of sp³-hybridized carbons (Fsp3) is 0.438. The molecule has 148 valence electrons. The number of hydrogen-bond acceptors (Lipinski definition) is 8. The summed E-state index contributed by atoms with van der Waals surface area (Å²) in [6, 6.07) is 2.89. The van der Waals surface area contributed by atoms with Gasteiger partial charge >= 0.3 is 0 Å². The number of hydroxylamine groups is 2. The summed E-state index contributed by atoms with van der Waals surface area (Å²) in [5.74, 6) is -3.56. The molecule has 1 aliphatic heterocycles. The highest BCUT2D eigenvalue weighted by Gasteiger charge is 2.66. The second-order valence-electron chi connectivity index (χ2n) is 6.17. The van der Waals surface area contributed by atoms with Gasteiger partial charge in [0.1, 0.15) is 6.04 Å². The molecule has 1 heterocycles. The van der Waals surface area contributed by atoms with Crippen molar-refractivity contribution in [3.05, 3.63) is 50.4 Å². The first kappa shape index (κ1) is 21.0. The van der Waals surface area contributed by atoms with E-state index in [0.717, 1.165) is 12.1 Å². The Balaban J connectivity index is 2.71. The van der Waals surface area contributed by atoms with E-state index < -0.39 is 45.2 Å². The summed E-state index contributed by atoms with van der Waals surface area (Å²) in [6.45, 7) is 0.396. The lowest BCUT2D eigenvalue weighted by atomic mass is 9.70. The number of imide groups is 1. The van der Waals surface area contributed by atoms with Gasteiger partial charge < -0.3 is 5.73 Å². The van der Waals surface area contributed by atoms with Gasteiger partial charge in [-0.15, -0.1) is 0 Å². The minimum absolute atomic E-state index is 0.226. The lowest BCUT2D eigenvalue weighted by molar-refractivity contribution is -0.385. The summed E-state index contributed by atoms with van der Waals surface area (Å²) >= 11 is 0. The Kier molecular flexibility index (Phi) is 6.41. The van der Waals surface area contributed by atoms with Crippen molar-refractivity contribution in [1.82, 2.24) is 5.06 Å². The van der Waals surface area contributed by atoms with Gasteiger partial charge in [-0.05, 0) is 24.9 Å². The minimum atomic E-state index is -2.51. The molecule has 2 atom stereocenters. The van der Waals surface area contributed by atoms with Crippen molar-refractivity contribution in [3.8, 4) is 0 Å². The second-order valence-corrected chi connectivity index (χ2v) is 6.17. The lowest BCUT2D eigenvalue weighted by Gasteiger charge is -2.27. The molecule has 1 aliphatic rings. The van der Waals surface area contributed by atoms with Crippen LogP contribution in [0.25, 0.3) is 10.4 Å². The number of carbonyl (C=O) groups excluding carboxylic acids is 3. The Labute approximate surface area is 158 Å². The fourth-order valence-corrected chi connectivity index (χ4v) is 3.33. The monoisotopic (exact) mass is 390 g/mol. The van der Waals surface area contributed by atoms with E-state index in [1.54, 1.807) is 0 Å². The number of Topliss-reactive ketones (excluding diaryl/α,β-unsaturated/α-hetero) is 1. The highest BCUT2D eigenvalue weighted by atomic mass is 16.6. The molecule has 1 saturated heterocycles. The van der Waals surface area contributed by atoms with Crippen molar-refractivity contribution >= 4 is 23.3 Å². The van der Waals surface area contributed by atoms with E-state index in [2.05, 4.69) is 10.0 Å². The van der Waals surface area contributed by atoms with E-state index in [-0.39, 0.29) is 11.5 Å². The van der Waals surface area contributed by atoms with Crippen LogP contribution in [0, 0.1) is 10.1 Å². The van der Waals surface area contributed by atoms with Gasteiger partial charge in [0.2, 0.25) is 0 Å². The van der Waals surface area contributed by atoms with E-state index in [1.807, 2.05) is 0 Å². The molecule has 1 aromatic carbocycles. The van der Waals surface area contributed by atoms with Crippen LogP contribution < -0.4 is 5.73 Å². The average Bonchev–Trinajstić information content (AvgIpc) is 2.87. The summed E-state index contributed by atoms with van der Waals surface area (Å²) in [7, 11) is 0. The zero-order valence-electron chi connectivity index (χ0n) is 14.7. The molecule has 2 unspecified atom stereocenters. The molecule has 0 radical (unpaired) electrons. The maximum Gasteiger partial charge on any atom is 0.274 e. The normalized spacial score (nSPS) is 21.5. The van der Waals surface area contributed by atoms with Gasteiger partial charge in [-0.1, -0.05) is 29.7 Å². The summed E-state index contributed by atoms with van der Waals surface area (Å²) in [5.41, 5.74) is 10.7. The summed E-state index contributed by atoms with van der Waals surface area (Å²) in [4.78, 5) is 51.5. The Morgan fingerprint density at radius 3 is 2.64 bits per heavy atom. The molecule has 12 heteroatoms. The maximum absolute atomic E-state index is 13.1. The highest BCUT2D eigenvalue weighted by Crippen LogP contribution is 2.44. The molecule has 12 nitrogen and oxygen atoms in total. The topological polar surface area (TPSA) is 193 Å². The van der Waals surface area contributed by atoms with Crippen LogP contribution in [0.2, 0.25) is 0 Å². The molecule has 2 rings (SSSR count). The number of unbranched alkanes of at least 4 members (excludes halogenated alkanes) is 2. The van der Waals surface area contributed by atoms with Crippen molar-refractivity contribution in [2.45, 2.75) is 37.1 Å². The van der Waals surface area contributed by atoms with E-state index in [9.17, 15) is 29.7 Å². The molecule has 0 aromatic heterocycles. The Morgan fingerprint density at radius 2 is 2.04 bits per heavy atom. The van der Waals surface area contributed by atoms with Gasteiger partial charge in [0.15, 0.2) is 11.2 Å². The van der Waals surface area contributed by atoms with Gasteiger partial charge in [0.05, 0.1) is 10.5 Å². The van der Waals surface area contributed by atoms with E-state index >= 15 is 0 Å². The van der Waals surface area contributed by atoms with Crippen molar-refractivity contribution in [2.75, 3.05) is 6.54 Å². The summed E-state index contributed by atoms with van der Waals surface area (Å²) < 4.78 is 0. The minimum Gasteiger partial charge on any atom is -0.330 e. The maximum atomic E-state index is 13.1. The molecule has 1 fully saturated rings. The number of amides is 2. The van der Waals surface area contributed by atoms with Crippen LogP contribution in [-0.2, 0) is 19.8 Å². The van der Waals surface area contributed by atoms with Gasteiger partial charge in [-0.3, -0.25) is 29.7 Å². The SMILES string of the molecule is [N-]=[N+]=NC1C(=O)N(O)C(=O)C1(C(=O)CCCCCN)c1ccccc1[N+](=O)[O-]. The number of nitro benzene ring substituents is 1. The van der Waals surface area contributed by atoms with Crippen LogP contribution in [0.15, 0.2) is 29.4 Å². The molecular formula is C16H18N6O6. The van der Waals surface area contributed by atoms with Gasteiger partial charge in [-0.25, -0.2) is 0 Å². The molecule has 1 aromatic rings. The highest BCUT2D eigenvalue weighted by molar-refractivity contribution is 6.24. The van der Waals surface area contributed by atoms with Crippen molar-refractivity contribution in [2.24, 2.45) is 10.8 Å². The predicted molar refractivity (Wildman–Crippen MR) is 93.9 cm³/mol. The van der Waals surface area contributed by atoms with Crippen molar-refractivity contribution in [3.63, 3.8) is 0 Å². The number of hydrogen-bond donors (Lipinski definition) is 2. The van der Waals surface area contributed by atoms with Gasteiger partial charge in [-0.2, -0.15) is 5.06 Å². The lowest BCUT2D eigenvalue weighted by Crippen LogP contribution is -2.49. The first-order chi connectivity index (χ1) is 13.3. The number of nitrogens with zero attached hydrogens (tertiary/aromatic N) is 5. The first-order valence-corrected chi connectivity index (χ1v) is 8.42. The molecule has 2 amide bonds. The summed E-state index contributed by atoms with van der Waals surface area (Å²) in [6.07, 6.45) is 1.24. The molecule has 0 spiro atoms. The number of rotatable bonds is 9. The summed E-state index contributed by atoms with van der Waals surface area (Å²) in [5, 5.41) is 24.3. The molecule has 3 N–H and O–H groups in total. The molecule has 0 aliphatic carbocycles.